The van der Waals surface area contributed by atoms with Crippen molar-refractivity contribution in [1.29, 1.82) is 0 Å². The highest BCUT2D eigenvalue weighted by Crippen LogP contribution is 2.28. The SMILES string of the molecule is CCn1cc(C(=O)NCc2ccc(F)cc2)c2c3ccccc3n(C)c2c1=O. The van der Waals surface area contributed by atoms with Crippen molar-refractivity contribution in [3.8, 4) is 0 Å². The number of nitrogens with one attached hydrogen (secondary N) is 1. The van der Waals surface area contributed by atoms with Crippen LogP contribution in [0.4, 0.5) is 4.39 Å². The highest BCUT2D eigenvalue weighted by Gasteiger charge is 2.20. The van der Waals surface area contributed by atoms with Crippen LogP contribution in [0.25, 0.3) is 21.8 Å². The molecule has 0 aliphatic rings. The van der Waals surface area contributed by atoms with Gasteiger partial charge in [0.2, 0.25) is 0 Å². The molecule has 0 saturated carbocycles. The maximum Gasteiger partial charge on any atom is 0.275 e. The number of amides is 1. The van der Waals surface area contributed by atoms with E-state index in [0.29, 0.717) is 23.0 Å². The van der Waals surface area contributed by atoms with Crippen molar-refractivity contribution in [2.45, 2.75) is 20.0 Å². The van der Waals surface area contributed by atoms with E-state index in [-0.39, 0.29) is 23.8 Å². The number of carbonyl (C=O) groups excluding carboxylic acids is 1. The van der Waals surface area contributed by atoms with Crippen molar-refractivity contribution in [3.05, 3.63) is 82.0 Å². The van der Waals surface area contributed by atoms with Crippen LogP contribution in [0, 0.1) is 5.82 Å². The third kappa shape index (κ3) is 2.87. The van der Waals surface area contributed by atoms with Gasteiger partial charge in [0.25, 0.3) is 11.5 Å². The third-order valence-corrected chi connectivity index (χ3v) is 5.08. The van der Waals surface area contributed by atoms with Gasteiger partial charge in [0.15, 0.2) is 0 Å². The predicted molar refractivity (Wildman–Crippen MR) is 108 cm³/mol. The molecule has 0 bridgehead atoms. The molecule has 1 amide bonds. The summed E-state index contributed by atoms with van der Waals surface area (Å²) < 4.78 is 16.5. The van der Waals surface area contributed by atoms with Crippen molar-refractivity contribution in [1.82, 2.24) is 14.5 Å². The molecule has 0 fully saturated rings. The van der Waals surface area contributed by atoms with Crippen LogP contribution in [0.2, 0.25) is 0 Å². The van der Waals surface area contributed by atoms with Crippen LogP contribution in [0.15, 0.2) is 59.5 Å². The van der Waals surface area contributed by atoms with Crippen LogP contribution >= 0.6 is 0 Å². The van der Waals surface area contributed by atoms with Gasteiger partial charge in [0, 0.05) is 42.6 Å². The van der Waals surface area contributed by atoms with Crippen molar-refractivity contribution >= 4 is 27.7 Å². The number of aromatic nitrogens is 2. The summed E-state index contributed by atoms with van der Waals surface area (Å²) in [7, 11) is 1.84. The Morgan fingerprint density at radius 2 is 1.82 bits per heavy atom. The summed E-state index contributed by atoms with van der Waals surface area (Å²) >= 11 is 0. The standard InChI is InChI=1S/C22H20FN3O2/c1-3-26-13-17(21(27)24-12-14-8-10-15(23)11-9-14)19-16-6-4-5-7-18(16)25(2)20(19)22(26)28/h4-11,13H,3,12H2,1-2H3,(H,24,27). The van der Waals surface area contributed by atoms with E-state index in [0.717, 1.165) is 16.5 Å². The van der Waals surface area contributed by atoms with Gasteiger partial charge in [-0.3, -0.25) is 9.59 Å². The van der Waals surface area contributed by atoms with Gasteiger partial charge in [0.05, 0.1) is 5.56 Å². The quantitative estimate of drug-likeness (QED) is 0.591. The zero-order valence-electron chi connectivity index (χ0n) is 15.7. The molecule has 0 saturated heterocycles. The lowest BCUT2D eigenvalue weighted by Gasteiger charge is -2.10. The summed E-state index contributed by atoms with van der Waals surface area (Å²) in [6.07, 6.45) is 1.62. The average Bonchev–Trinajstić information content (AvgIpc) is 3.01. The van der Waals surface area contributed by atoms with Crippen molar-refractivity contribution in [2.75, 3.05) is 0 Å². The minimum atomic E-state index is -0.317. The molecule has 1 N–H and O–H groups in total. The number of fused-ring (bicyclic) bond motifs is 3. The normalized spacial score (nSPS) is 11.2. The second kappa shape index (κ2) is 6.96. The van der Waals surface area contributed by atoms with Gasteiger partial charge in [-0.1, -0.05) is 30.3 Å². The highest BCUT2D eigenvalue weighted by atomic mass is 19.1. The number of hydrogen-bond acceptors (Lipinski definition) is 2. The maximum atomic E-state index is 13.1. The van der Waals surface area contributed by atoms with Crippen LogP contribution in [0.1, 0.15) is 22.8 Å². The first-order valence-corrected chi connectivity index (χ1v) is 9.14. The lowest BCUT2D eigenvalue weighted by atomic mass is 10.1. The molecule has 28 heavy (non-hydrogen) atoms. The number of rotatable bonds is 4. The van der Waals surface area contributed by atoms with Crippen LogP contribution in [0.5, 0.6) is 0 Å². The van der Waals surface area contributed by atoms with Gasteiger partial charge in [-0.25, -0.2) is 4.39 Å². The number of benzene rings is 2. The van der Waals surface area contributed by atoms with Gasteiger partial charge in [0.1, 0.15) is 11.3 Å². The summed E-state index contributed by atoms with van der Waals surface area (Å²) in [6.45, 7) is 2.61. The van der Waals surface area contributed by atoms with Crippen LogP contribution in [-0.2, 0) is 20.1 Å². The number of carbonyl (C=O) groups is 1. The first-order chi connectivity index (χ1) is 13.5. The Morgan fingerprint density at radius 3 is 2.54 bits per heavy atom. The molecule has 0 spiro atoms. The Bertz CT molecular complexity index is 1250. The molecule has 0 radical (unpaired) electrons. The lowest BCUT2D eigenvalue weighted by molar-refractivity contribution is 0.0952. The largest absolute Gasteiger partial charge is 0.348 e. The van der Waals surface area contributed by atoms with Gasteiger partial charge in [-0.2, -0.15) is 0 Å². The Kier molecular flexibility index (Phi) is 4.47. The molecular weight excluding hydrogens is 357 g/mol. The number of para-hydroxylation sites is 1. The molecule has 5 nitrogen and oxygen atoms in total. The highest BCUT2D eigenvalue weighted by molar-refractivity contribution is 6.17. The zero-order valence-corrected chi connectivity index (χ0v) is 15.7. The third-order valence-electron chi connectivity index (χ3n) is 5.08. The van der Waals surface area contributed by atoms with E-state index in [1.807, 2.05) is 42.8 Å². The predicted octanol–water partition coefficient (Wildman–Crippen LogP) is 3.58. The van der Waals surface area contributed by atoms with Gasteiger partial charge in [-0.15, -0.1) is 0 Å². The number of halogens is 1. The van der Waals surface area contributed by atoms with E-state index in [4.69, 9.17) is 0 Å². The molecule has 6 heteroatoms. The molecule has 0 aliphatic carbocycles. The molecule has 4 rings (SSSR count). The minimum Gasteiger partial charge on any atom is -0.348 e. The fraction of sp³-hybridized carbons (Fsp3) is 0.182. The average molecular weight is 377 g/mol. The summed E-state index contributed by atoms with van der Waals surface area (Å²) in [5.41, 5.74) is 2.54. The van der Waals surface area contributed by atoms with E-state index < -0.39 is 0 Å². The maximum absolute atomic E-state index is 13.1. The van der Waals surface area contributed by atoms with E-state index in [1.165, 1.54) is 12.1 Å². The number of aryl methyl sites for hydroxylation is 2. The first kappa shape index (κ1) is 18.0. The van der Waals surface area contributed by atoms with Crippen molar-refractivity contribution in [3.63, 3.8) is 0 Å². The van der Waals surface area contributed by atoms with E-state index in [9.17, 15) is 14.0 Å². The molecule has 2 aromatic carbocycles. The van der Waals surface area contributed by atoms with Gasteiger partial charge in [-0.05, 0) is 30.7 Å². The Labute approximate surface area is 161 Å². The van der Waals surface area contributed by atoms with Crippen LogP contribution < -0.4 is 10.9 Å². The van der Waals surface area contributed by atoms with E-state index >= 15 is 0 Å². The van der Waals surface area contributed by atoms with Crippen molar-refractivity contribution in [2.24, 2.45) is 7.05 Å². The van der Waals surface area contributed by atoms with Crippen LogP contribution in [-0.4, -0.2) is 15.0 Å². The number of nitrogens with zero attached hydrogens (tertiary/aromatic N) is 2. The van der Waals surface area contributed by atoms with Gasteiger partial charge >= 0.3 is 0 Å². The Hall–Kier alpha value is -3.41. The van der Waals surface area contributed by atoms with Crippen molar-refractivity contribution < 1.29 is 9.18 Å². The molecule has 0 unspecified atom stereocenters. The smallest absolute Gasteiger partial charge is 0.275 e. The summed E-state index contributed by atoms with van der Waals surface area (Å²) in [5, 5.41) is 4.41. The molecule has 4 aromatic rings. The second-order valence-electron chi connectivity index (χ2n) is 6.74. The Balaban J connectivity index is 1.84. The summed E-state index contributed by atoms with van der Waals surface area (Å²) in [5.74, 6) is -0.588. The monoisotopic (exact) mass is 377 g/mol. The van der Waals surface area contributed by atoms with E-state index in [1.54, 1.807) is 22.9 Å². The zero-order chi connectivity index (χ0) is 19.8. The second-order valence-corrected chi connectivity index (χ2v) is 6.74. The van der Waals surface area contributed by atoms with Crippen LogP contribution in [0.3, 0.4) is 0 Å². The summed E-state index contributed by atoms with van der Waals surface area (Å²) in [4.78, 5) is 25.9. The molecule has 2 heterocycles. The fourth-order valence-electron chi connectivity index (χ4n) is 3.62. The summed E-state index contributed by atoms with van der Waals surface area (Å²) in [6, 6.07) is 13.7. The molecule has 2 aromatic heterocycles. The molecular formula is C22H20FN3O2. The first-order valence-electron chi connectivity index (χ1n) is 9.14. The molecule has 142 valence electrons. The molecule has 0 atom stereocenters. The molecule has 0 aliphatic heterocycles. The van der Waals surface area contributed by atoms with E-state index in [2.05, 4.69) is 5.32 Å². The number of pyridine rings is 1. The lowest BCUT2D eigenvalue weighted by Crippen LogP contribution is -2.27. The topological polar surface area (TPSA) is 56.0 Å². The number of hydrogen-bond donors (Lipinski definition) is 1. The van der Waals surface area contributed by atoms with Gasteiger partial charge < -0.3 is 14.5 Å². The Morgan fingerprint density at radius 1 is 1.11 bits per heavy atom. The minimum absolute atomic E-state index is 0.119. The fourth-order valence-corrected chi connectivity index (χ4v) is 3.62.